The zero-order valence-corrected chi connectivity index (χ0v) is 7.00. The number of carbonyl (C=O) groups excluding carboxylic acids is 1. The molecule has 0 unspecified atom stereocenters. The summed E-state index contributed by atoms with van der Waals surface area (Å²) in [5.74, 6) is -0.308. The summed E-state index contributed by atoms with van der Waals surface area (Å²) in [7, 11) is 0. The Labute approximate surface area is 70.0 Å². The second-order valence-corrected chi connectivity index (χ2v) is 2.57. The average Bonchev–Trinajstić information content (AvgIpc) is 2.35. The molecule has 1 aromatic rings. The Morgan fingerprint density at radius 2 is 2.50 bits per heavy atom. The van der Waals surface area contributed by atoms with Crippen molar-refractivity contribution in [1.29, 1.82) is 0 Å². The number of nitrogens with one attached hydrogen (secondary N) is 1. The summed E-state index contributed by atoms with van der Waals surface area (Å²) < 4.78 is 4.89. The van der Waals surface area contributed by atoms with Crippen LogP contribution in [0.4, 0.5) is 6.01 Å². The van der Waals surface area contributed by atoms with E-state index in [1.165, 1.54) is 6.26 Å². The van der Waals surface area contributed by atoms with Crippen molar-refractivity contribution in [2.24, 2.45) is 5.73 Å². The van der Waals surface area contributed by atoms with Gasteiger partial charge in [0.05, 0.1) is 11.7 Å². The lowest BCUT2D eigenvalue weighted by molar-refractivity contribution is -0.117. The fourth-order valence-electron chi connectivity index (χ4n) is 0.631. The van der Waals surface area contributed by atoms with Gasteiger partial charge in [-0.3, -0.25) is 10.1 Å². The molecule has 66 valence electrons. The second kappa shape index (κ2) is 3.36. The molecule has 0 saturated carbocycles. The van der Waals surface area contributed by atoms with E-state index in [1.54, 1.807) is 13.8 Å². The Bertz CT molecular complexity index is 280. The lowest BCUT2D eigenvalue weighted by Gasteiger charge is -2.02. The largest absolute Gasteiger partial charge is 0.432 e. The number of hydrogen-bond acceptors (Lipinski definition) is 4. The minimum atomic E-state index is -0.558. The van der Waals surface area contributed by atoms with Gasteiger partial charge in [-0.15, -0.1) is 0 Å². The van der Waals surface area contributed by atoms with Gasteiger partial charge in [-0.1, -0.05) is 0 Å². The number of nitrogens with zero attached hydrogens (tertiary/aromatic N) is 1. The Kier molecular flexibility index (Phi) is 2.44. The van der Waals surface area contributed by atoms with E-state index in [2.05, 4.69) is 10.3 Å². The zero-order chi connectivity index (χ0) is 9.14. The molecule has 3 N–H and O–H groups in total. The van der Waals surface area contributed by atoms with E-state index in [1.807, 2.05) is 0 Å². The first kappa shape index (κ1) is 8.73. The number of amides is 1. The van der Waals surface area contributed by atoms with Gasteiger partial charge in [-0.2, -0.15) is 4.98 Å². The number of aromatic nitrogens is 1. The number of rotatable bonds is 2. The van der Waals surface area contributed by atoms with Gasteiger partial charge in [-0.05, 0) is 13.8 Å². The van der Waals surface area contributed by atoms with Crippen molar-refractivity contribution in [3.63, 3.8) is 0 Å². The molecule has 0 bridgehead atoms. The average molecular weight is 169 g/mol. The summed E-state index contributed by atoms with van der Waals surface area (Å²) >= 11 is 0. The first-order valence-electron chi connectivity index (χ1n) is 3.58. The second-order valence-electron chi connectivity index (χ2n) is 2.57. The van der Waals surface area contributed by atoms with E-state index in [0.29, 0.717) is 0 Å². The molecular weight excluding hydrogens is 158 g/mol. The molecule has 0 fully saturated rings. The predicted molar refractivity (Wildman–Crippen MR) is 43.5 cm³/mol. The number of carbonyl (C=O) groups is 1. The van der Waals surface area contributed by atoms with Crippen LogP contribution in [0.1, 0.15) is 12.6 Å². The van der Waals surface area contributed by atoms with Gasteiger partial charge in [0, 0.05) is 0 Å². The Morgan fingerprint density at radius 1 is 1.83 bits per heavy atom. The van der Waals surface area contributed by atoms with Crippen molar-refractivity contribution in [2.45, 2.75) is 19.9 Å². The third-order valence-corrected chi connectivity index (χ3v) is 1.26. The SMILES string of the molecule is Cc1coc(NC(=O)[C@@H](C)N)n1. The number of anilines is 1. The summed E-state index contributed by atoms with van der Waals surface area (Å²) in [6.07, 6.45) is 1.46. The minimum Gasteiger partial charge on any atom is -0.432 e. The van der Waals surface area contributed by atoms with Crippen LogP contribution in [0.5, 0.6) is 0 Å². The molecular formula is C7H11N3O2. The van der Waals surface area contributed by atoms with Crippen LogP contribution >= 0.6 is 0 Å². The standard InChI is InChI=1S/C7H11N3O2/c1-4-3-12-7(9-4)10-6(11)5(2)8/h3,5H,8H2,1-2H3,(H,9,10,11)/t5-/m1/s1. The van der Waals surface area contributed by atoms with E-state index in [9.17, 15) is 4.79 Å². The van der Waals surface area contributed by atoms with Crippen LogP contribution in [-0.4, -0.2) is 16.9 Å². The van der Waals surface area contributed by atoms with E-state index in [0.717, 1.165) is 5.69 Å². The summed E-state index contributed by atoms with van der Waals surface area (Å²) in [6, 6.07) is -0.369. The number of nitrogens with two attached hydrogens (primary N) is 1. The summed E-state index contributed by atoms with van der Waals surface area (Å²) in [4.78, 5) is 14.9. The third-order valence-electron chi connectivity index (χ3n) is 1.26. The van der Waals surface area contributed by atoms with E-state index < -0.39 is 6.04 Å². The fourth-order valence-corrected chi connectivity index (χ4v) is 0.631. The topological polar surface area (TPSA) is 81.2 Å². The molecule has 0 aliphatic rings. The van der Waals surface area contributed by atoms with Crippen LogP contribution in [0, 0.1) is 6.92 Å². The molecule has 0 spiro atoms. The van der Waals surface area contributed by atoms with Crippen molar-refractivity contribution < 1.29 is 9.21 Å². The van der Waals surface area contributed by atoms with Crippen LogP contribution in [0.2, 0.25) is 0 Å². The first-order chi connectivity index (χ1) is 5.59. The molecule has 1 heterocycles. The lowest BCUT2D eigenvalue weighted by Crippen LogP contribution is -2.32. The fraction of sp³-hybridized carbons (Fsp3) is 0.429. The number of aryl methyl sites for hydroxylation is 1. The number of oxazole rings is 1. The maximum absolute atomic E-state index is 11.0. The summed E-state index contributed by atoms with van der Waals surface area (Å²) in [5.41, 5.74) is 6.03. The monoisotopic (exact) mass is 169 g/mol. The summed E-state index contributed by atoms with van der Waals surface area (Å²) in [6.45, 7) is 3.36. The maximum Gasteiger partial charge on any atom is 0.301 e. The van der Waals surface area contributed by atoms with Gasteiger partial charge in [0.15, 0.2) is 0 Å². The Balaban J connectivity index is 2.58. The Morgan fingerprint density at radius 3 is 2.92 bits per heavy atom. The minimum absolute atomic E-state index is 0.190. The van der Waals surface area contributed by atoms with Crippen molar-refractivity contribution >= 4 is 11.9 Å². The van der Waals surface area contributed by atoms with Crippen molar-refractivity contribution in [2.75, 3.05) is 5.32 Å². The van der Waals surface area contributed by atoms with Crippen LogP contribution in [0.25, 0.3) is 0 Å². The maximum atomic E-state index is 11.0. The molecule has 12 heavy (non-hydrogen) atoms. The van der Waals surface area contributed by atoms with Crippen molar-refractivity contribution in [3.05, 3.63) is 12.0 Å². The highest BCUT2D eigenvalue weighted by molar-refractivity contribution is 5.92. The van der Waals surface area contributed by atoms with Crippen LogP contribution < -0.4 is 11.1 Å². The molecule has 0 aliphatic carbocycles. The summed E-state index contributed by atoms with van der Waals surface area (Å²) in [5, 5.41) is 2.42. The van der Waals surface area contributed by atoms with Crippen LogP contribution in [-0.2, 0) is 4.79 Å². The zero-order valence-electron chi connectivity index (χ0n) is 7.00. The van der Waals surface area contributed by atoms with Crippen LogP contribution in [0.3, 0.4) is 0 Å². The van der Waals surface area contributed by atoms with Gasteiger partial charge in [0.2, 0.25) is 5.91 Å². The molecule has 0 aliphatic heterocycles. The van der Waals surface area contributed by atoms with Gasteiger partial charge in [0.25, 0.3) is 0 Å². The normalized spacial score (nSPS) is 12.6. The molecule has 0 aromatic carbocycles. The smallest absolute Gasteiger partial charge is 0.301 e. The van der Waals surface area contributed by atoms with Gasteiger partial charge >= 0.3 is 6.01 Å². The van der Waals surface area contributed by atoms with Crippen LogP contribution in [0.15, 0.2) is 10.7 Å². The quantitative estimate of drug-likeness (QED) is 0.665. The van der Waals surface area contributed by atoms with Gasteiger partial charge < -0.3 is 10.2 Å². The molecule has 5 heteroatoms. The molecule has 1 amide bonds. The predicted octanol–water partition coefficient (Wildman–Crippen LogP) is 0.269. The Hall–Kier alpha value is -1.36. The van der Waals surface area contributed by atoms with E-state index >= 15 is 0 Å². The lowest BCUT2D eigenvalue weighted by atomic mass is 10.3. The highest BCUT2D eigenvalue weighted by Gasteiger charge is 2.09. The number of hydrogen-bond donors (Lipinski definition) is 2. The highest BCUT2D eigenvalue weighted by atomic mass is 16.4. The van der Waals surface area contributed by atoms with Crippen molar-refractivity contribution in [3.8, 4) is 0 Å². The molecule has 1 aromatic heterocycles. The molecule has 0 saturated heterocycles. The molecule has 1 rings (SSSR count). The van der Waals surface area contributed by atoms with Gasteiger partial charge in [-0.25, -0.2) is 0 Å². The van der Waals surface area contributed by atoms with E-state index in [-0.39, 0.29) is 11.9 Å². The molecule has 0 radical (unpaired) electrons. The van der Waals surface area contributed by atoms with E-state index in [4.69, 9.17) is 10.2 Å². The molecule has 5 nitrogen and oxygen atoms in total. The first-order valence-corrected chi connectivity index (χ1v) is 3.58. The van der Waals surface area contributed by atoms with Crippen molar-refractivity contribution in [1.82, 2.24) is 4.98 Å². The molecule has 1 atom stereocenters. The highest BCUT2D eigenvalue weighted by Crippen LogP contribution is 2.05. The van der Waals surface area contributed by atoms with Gasteiger partial charge in [0.1, 0.15) is 6.26 Å². The third kappa shape index (κ3) is 2.06.